The Morgan fingerprint density at radius 3 is 2.64 bits per heavy atom. The van der Waals surface area contributed by atoms with Crippen molar-refractivity contribution in [2.45, 2.75) is 31.7 Å². The largest absolute Gasteiger partial charge is 0.504 e. The second-order valence-electron chi connectivity index (χ2n) is 8.30. The van der Waals surface area contributed by atoms with Crippen LogP contribution in [0.4, 0.5) is 0 Å². The van der Waals surface area contributed by atoms with Gasteiger partial charge in [0.25, 0.3) is 0 Å². The van der Waals surface area contributed by atoms with Crippen molar-refractivity contribution in [3.63, 3.8) is 0 Å². The van der Waals surface area contributed by atoms with Crippen molar-refractivity contribution in [2.75, 3.05) is 7.11 Å². The number of carbonyl (C=O) groups excluding carboxylic acids is 1. The Morgan fingerprint density at radius 1 is 1.17 bits per heavy atom. The maximum atomic E-state index is 13.3. The van der Waals surface area contributed by atoms with E-state index in [4.69, 9.17) is 9.15 Å². The maximum Gasteiger partial charge on any atom is 0.227 e. The van der Waals surface area contributed by atoms with Crippen LogP contribution in [-0.2, 0) is 11.2 Å². The van der Waals surface area contributed by atoms with E-state index < -0.39 is 23.1 Å². The van der Waals surface area contributed by atoms with E-state index in [1.165, 1.54) is 31.6 Å². The molecule has 2 aromatic heterocycles. The average molecular weight is 491 g/mol. The van der Waals surface area contributed by atoms with Crippen LogP contribution in [0.15, 0.2) is 70.1 Å². The fourth-order valence-electron chi connectivity index (χ4n) is 4.02. The number of amides is 1. The van der Waals surface area contributed by atoms with Gasteiger partial charge < -0.3 is 24.7 Å². The van der Waals surface area contributed by atoms with Crippen molar-refractivity contribution in [1.29, 1.82) is 0 Å². The molecule has 0 radical (unpaired) electrons. The highest BCUT2D eigenvalue weighted by molar-refractivity contribution is 5.78. The molecule has 10 nitrogen and oxygen atoms in total. The molecule has 10 heteroatoms. The number of hydrogen-bond donors (Lipinski definition) is 4. The normalized spacial score (nSPS) is 12.6. The number of carbonyl (C=O) groups is 1. The number of hydrogen-bond acceptors (Lipinski definition) is 8. The molecule has 1 amide bonds. The molecule has 0 saturated heterocycles. The summed E-state index contributed by atoms with van der Waals surface area (Å²) in [4.78, 5) is 29.8. The van der Waals surface area contributed by atoms with Crippen LogP contribution in [0.5, 0.6) is 17.2 Å². The number of nitrogens with zero attached hydrogens (tertiary/aromatic N) is 2. The molecule has 0 unspecified atom stereocenters. The molecule has 0 spiro atoms. The predicted molar refractivity (Wildman–Crippen MR) is 130 cm³/mol. The van der Waals surface area contributed by atoms with Crippen LogP contribution < -0.4 is 15.5 Å². The van der Waals surface area contributed by atoms with Crippen molar-refractivity contribution in [2.24, 2.45) is 0 Å². The molecule has 4 rings (SSSR count). The Balaban J connectivity index is 1.67. The van der Waals surface area contributed by atoms with Gasteiger partial charge >= 0.3 is 0 Å². The minimum absolute atomic E-state index is 0.0535. The number of nitrogens with one attached hydrogen (secondary N) is 2. The first-order valence-corrected chi connectivity index (χ1v) is 11.2. The number of rotatable bonds is 9. The third-order valence-electron chi connectivity index (χ3n) is 5.77. The average Bonchev–Trinajstić information content (AvgIpc) is 3.41. The van der Waals surface area contributed by atoms with E-state index in [-0.39, 0.29) is 35.3 Å². The van der Waals surface area contributed by atoms with Crippen LogP contribution in [0.25, 0.3) is 0 Å². The Kier molecular flexibility index (Phi) is 7.33. The zero-order valence-corrected chi connectivity index (χ0v) is 19.8. The number of aromatic nitrogens is 3. The number of aryl methyl sites for hydroxylation is 1. The fourth-order valence-corrected chi connectivity index (χ4v) is 4.02. The minimum Gasteiger partial charge on any atom is -0.504 e. The Labute approximate surface area is 206 Å². The van der Waals surface area contributed by atoms with Crippen LogP contribution >= 0.6 is 0 Å². The fraction of sp³-hybridized carbons (Fsp3) is 0.231. The van der Waals surface area contributed by atoms with E-state index in [2.05, 4.69) is 20.5 Å². The van der Waals surface area contributed by atoms with Gasteiger partial charge in [-0.3, -0.25) is 14.7 Å². The molecule has 2 aromatic carbocycles. The van der Waals surface area contributed by atoms with Gasteiger partial charge in [0.2, 0.25) is 17.1 Å². The summed E-state index contributed by atoms with van der Waals surface area (Å²) in [6.07, 6.45) is 1.65. The lowest BCUT2D eigenvalue weighted by atomic mass is 9.91. The molecule has 2 heterocycles. The zero-order valence-electron chi connectivity index (χ0n) is 19.8. The Morgan fingerprint density at radius 2 is 1.94 bits per heavy atom. The van der Waals surface area contributed by atoms with Gasteiger partial charge in [-0.25, -0.2) is 4.98 Å². The van der Waals surface area contributed by atoms with E-state index in [9.17, 15) is 19.8 Å². The van der Waals surface area contributed by atoms with Crippen LogP contribution in [0.2, 0.25) is 0 Å². The van der Waals surface area contributed by atoms with Gasteiger partial charge in [0.05, 0.1) is 19.1 Å². The smallest absolute Gasteiger partial charge is 0.227 e. The van der Waals surface area contributed by atoms with E-state index in [0.717, 1.165) is 5.56 Å². The quantitative estimate of drug-likeness (QED) is 0.279. The molecule has 0 aliphatic heterocycles. The third-order valence-corrected chi connectivity index (χ3v) is 5.77. The number of aromatic amines is 1. The molecule has 186 valence electrons. The first-order valence-electron chi connectivity index (χ1n) is 11.2. The molecule has 4 N–H and O–H groups in total. The lowest BCUT2D eigenvalue weighted by Gasteiger charge is -2.21. The summed E-state index contributed by atoms with van der Waals surface area (Å²) in [5.74, 6) is -1.01. The van der Waals surface area contributed by atoms with Gasteiger partial charge in [0.15, 0.2) is 17.3 Å². The summed E-state index contributed by atoms with van der Waals surface area (Å²) in [5.41, 5.74) is 0.873. The van der Waals surface area contributed by atoms with Crippen LogP contribution in [0.3, 0.4) is 0 Å². The molecule has 0 bridgehead atoms. The molecule has 36 heavy (non-hydrogen) atoms. The van der Waals surface area contributed by atoms with E-state index in [1.54, 1.807) is 13.0 Å². The number of methoxy groups -OCH3 is 1. The summed E-state index contributed by atoms with van der Waals surface area (Å²) in [5, 5.41) is 30.2. The Bertz CT molecular complexity index is 1390. The van der Waals surface area contributed by atoms with E-state index in [0.29, 0.717) is 17.8 Å². The van der Waals surface area contributed by atoms with Gasteiger partial charge in [0.1, 0.15) is 17.9 Å². The molecule has 0 aliphatic rings. The van der Waals surface area contributed by atoms with Crippen molar-refractivity contribution >= 4 is 5.91 Å². The van der Waals surface area contributed by atoms with Crippen LogP contribution in [-0.4, -0.2) is 38.4 Å². The monoisotopic (exact) mass is 490 g/mol. The SMILES string of the molecule is COc1cc([C@@H](CC(=O)N[C@H](Cc2ccccc2)c2ncn[nH]2)c2oc(C)cc(=O)c2O)ccc1O. The van der Waals surface area contributed by atoms with Crippen molar-refractivity contribution in [3.05, 3.63) is 99.6 Å². The molecule has 0 fully saturated rings. The highest BCUT2D eigenvalue weighted by Crippen LogP contribution is 2.37. The second kappa shape index (κ2) is 10.8. The summed E-state index contributed by atoms with van der Waals surface area (Å²) in [6.45, 7) is 1.58. The number of ether oxygens (including phenoxy) is 1. The van der Waals surface area contributed by atoms with Crippen molar-refractivity contribution in [1.82, 2.24) is 20.5 Å². The minimum atomic E-state index is -0.848. The molecule has 0 saturated carbocycles. The first kappa shape index (κ1) is 24.5. The number of H-pyrrole nitrogens is 1. The van der Waals surface area contributed by atoms with Gasteiger partial charge in [0, 0.05) is 12.5 Å². The van der Waals surface area contributed by atoms with Gasteiger partial charge in [-0.15, -0.1) is 0 Å². The summed E-state index contributed by atoms with van der Waals surface area (Å²) in [6, 6.07) is 14.8. The Hall–Kier alpha value is -4.60. The highest BCUT2D eigenvalue weighted by Gasteiger charge is 2.28. The van der Waals surface area contributed by atoms with Crippen molar-refractivity contribution < 1.29 is 24.2 Å². The maximum absolute atomic E-state index is 13.3. The first-order chi connectivity index (χ1) is 17.4. The summed E-state index contributed by atoms with van der Waals surface area (Å²) >= 11 is 0. The third kappa shape index (κ3) is 5.54. The number of phenols is 1. The van der Waals surface area contributed by atoms with Crippen LogP contribution in [0.1, 0.15) is 46.9 Å². The molecular weight excluding hydrogens is 464 g/mol. The second-order valence-corrected chi connectivity index (χ2v) is 8.30. The molecule has 4 aromatic rings. The van der Waals surface area contributed by atoms with E-state index in [1.807, 2.05) is 30.3 Å². The summed E-state index contributed by atoms with van der Waals surface area (Å²) in [7, 11) is 1.40. The number of phenolic OH excluding ortho intramolecular Hbond substituents is 1. The zero-order chi connectivity index (χ0) is 25.7. The molecular formula is C26H26N4O6. The topological polar surface area (TPSA) is 151 Å². The lowest BCUT2D eigenvalue weighted by molar-refractivity contribution is -0.122. The molecule has 2 atom stereocenters. The number of aromatic hydroxyl groups is 2. The van der Waals surface area contributed by atoms with E-state index >= 15 is 0 Å². The van der Waals surface area contributed by atoms with Crippen LogP contribution in [0, 0.1) is 6.92 Å². The molecule has 0 aliphatic carbocycles. The standard InChI is InChI=1S/C26H26N4O6/c1-15-10-21(32)24(34)25(36-15)18(17-8-9-20(31)22(12-17)35-2)13-23(33)29-19(26-27-14-28-30-26)11-16-6-4-3-5-7-16/h3-10,12,14,18-19,31,34H,11,13H2,1-2H3,(H,29,33)(H,27,28,30)/t18-,19-/m1/s1. The lowest BCUT2D eigenvalue weighted by Crippen LogP contribution is -2.32. The highest BCUT2D eigenvalue weighted by atomic mass is 16.5. The van der Waals surface area contributed by atoms with Crippen molar-refractivity contribution in [3.8, 4) is 17.2 Å². The summed E-state index contributed by atoms with van der Waals surface area (Å²) < 4.78 is 10.9. The van der Waals surface area contributed by atoms with Gasteiger partial charge in [-0.05, 0) is 36.6 Å². The van der Waals surface area contributed by atoms with Gasteiger partial charge in [-0.2, -0.15) is 5.10 Å². The van der Waals surface area contributed by atoms with Gasteiger partial charge in [-0.1, -0.05) is 36.4 Å². The predicted octanol–water partition coefficient (Wildman–Crippen LogP) is 3.11. The number of benzene rings is 2.